The van der Waals surface area contributed by atoms with Gasteiger partial charge in [-0.05, 0) is 102 Å². The van der Waals surface area contributed by atoms with Crippen LogP contribution >= 0.6 is 22.6 Å². The van der Waals surface area contributed by atoms with E-state index in [2.05, 4.69) is 51.8 Å². The highest BCUT2D eigenvalue weighted by molar-refractivity contribution is 14.1. The molecular weight excluding hydrogens is 557 g/mol. The number of nitrogens with zero attached hydrogens (tertiary/aromatic N) is 3. The molecule has 4 nitrogen and oxygen atoms in total. The van der Waals surface area contributed by atoms with Crippen LogP contribution in [0.5, 0.6) is 0 Å². The first kappa shape index (κ1) is 22.5. The average Bonchev–Trinajstić information content (AvgIpc) is 3.18. The molecule has 6 aliphatic rings. The van der Waals surface area contributed by atoms with Crippen LogP contribution in [0.2, 0.25) is 0 Å². The molecule has 0 radical (unpaired) electrons. The summed E-state index contributed by atoms with van der Waals surface area (Å²) in [7, 11) is 0. The Morgan fingerprint density at radius 2 is 1.53 bits per heavy atom. The van der Waals surface area contributed by atoms with E-state index >= 15 is 4.79 Å². The lowest BCUT2D eigenvalue weighted by Crippen LogP contribution is -2.56. The monoisotopic (exact) mass is 585 g/mol. The molecule has 0 spiro atoms. The van der Waals surface area contributed by atoms with E-state index in [0.717, 1.165) is 39.6 Å². The van der Waals surface area contributed by atoms with Crippen molar-refractivity contribution in [1.82, 2.24) is 0 Å². The van der Waals surface area contributed by atoms with Gasteiger partial charge in [0.15, 0.2) is 11.2 Å². The number of Topliss-reactive ketones (excluding diaryl/α,β-unsaturated/α-hetero) is 1. The Balaban J connectivity index is 1.46. The summed E-state index contributed by atoms with van der Waals surface area (Å²) in [5, 5.41) is 21.4. The Bertz CT molecular complexity index is 1330. The Labute approximate surface area is 226 Å². The van der Waals surface area contributed by atoms with Gasteiger partial charge in [0.05, 0.1) is 24.2 Å². The summed E-state index contributed by atoms with van der Waals surface area (Å²) in [4.78, 5) is 17.3. The number of rotatable bonds is 3. The number of para-hydroxylation sites is 1. The highest BCUT2D eigenvalue weighted by Gasteiger charge is 2.67. The van der Waals surface area contributed by atoms with E-state index in [1.54, 1.807) is 0 Å². The summed E-state index contributed by atoms with van der Waals surface area (Å²) >= 11 is 2.31. The third kappa shape index (κ3) is 2.93. The number of hydrogen-bond acceptors (Lipinski definition) is 4. The van der Waals surface area contributed by atoms with Crippen molar-refractivity contribution in [2.45, 2.75) is 56.5 Å². The van der Waals surface area contributed by atoms with Crippen LogP contribution in [-0.4, -0.2) is 17.9 Å². The zero-order valence-corrected chi connectivity index (χ0v) is 22.3. The zero-order chi connectivity index (χ0) is 24.7. The van der Waals surface area contributed by atoms with Crippen molar-refractivity contribution in [3.63, 3.8) is 0 Å². The first-order chi connectivity index (χ1) is 17.5. The Morgan fingerprint density at radius 1 is 0.917 bits per heavy atom. The number of carbonyl (C=O) groups is 1. The molecule has 2 heterocycles. The smallest absolute Gasteiger partial charge is 0.176 e. The van der Waals surface area contributed by atoms with E-state index < -0.39 is 23.4 Å². The van der Waals surface area contributed by atoms with Crippen molar-refractivity contribution in [1.29, 1.82) is 10.5 Å². The number of ketones is 1. The molecule has 36 heavy (non-hydrogen) atoms. The van der Waals surface area contributed by atoms with Gasteiger partial charge in [0.1, 0.15) is 0 Å². The van der Waals surface area contributed by atoms with Crippen LogP contribution in [0.1, 0.15) is 55.6 Å². The van der Waals surface area contributed by atoms with Gasteiger partial charge in [-0.15, -0.1) is 0 Å². The molecule has 4 aliphatic carbocycles. The summed E-state index contributed by atoms with van der Waals surface area (Å²) in [5.74, 6) is 1.73. The van der Waals surface area contributed by atoms with E-state index in [4.69, 9.17) is 0 Å². The average molecular weight is 585 g/mol. The predicted molar refractivity (Wildman–Crippen MR) is 147 cm³/mol. The van der Waals surface area contributed by atoms with Crippen LogP contribution in [0.15, 0.2) is 54.6 Å². The number of halogens is 1. The second-order valence-corrected chi connectivity index (χ2v) is 13.0. The minimum Gasteiger partial charge on any atom is -0.351 e. The number of nitriles is 2. The van der Waals surface area contributed by atoms with Crippen LogP contribution in [-0.2, 0) is 4.79 Å². The van der Waals surface area contributed by atoms with Crippen molar-refractivity contribution < 1.29 is 4.79 Å². The second-order valence-electron chi connectivity index (χ2n) is 11.9. The molecule has 0 aromatic heterocycles. The van der Waals surface area contributed by atoms with Crippen molar-refractivity contribution in [3.05, 3.63) is 69.3 Å². The summed E-state index contributed by atoms with van der Waals surface area (Å²) in [6, 6.07) is 20.1. The fourth-order valence-corrected chi connectivity index (χ4v) is 9.75. The van der Waals surface area contributed by atoms with Gasteiger partial charge in [0, 0.05) is 20.6 Å². The Hall–Kier alpha value is -2.64. The third-order valence-electron chi connectivity index (χ3n) is 9.99. The summed E-state index contributed by atoms with van der Waals surface area (Å²) in [5.41, 5.74) is 1.29. The lowest BCUT2D eigenvalue weighted by atomic mass is 9.47. The minimum atomic E-state index is -1.35. The molecule has 3 unspecified atom stereocenters. The van der Waals surface area contributed by atoms with Crippen molar-refractivity contribution in [3.8, 4) is 12.1 Å². The number of benzene rings is 2. The van der Waals surface area contributed by atoms with Gasteiger partial charge in [-0.1, -0.05) is 48.6 Å². The molecule has 0 amide bonds. The molecule has 4 saturated carbocycles. The molecule has 2 aliphatic heterocycles. The summed E-state index contributed by atoms with van der Waals surface area (Å²) < 4.78 is 1.01. The molecule has 2 aromatic rings. The topological polar surface area (TPSA) is 67.9 Å². The van der Waals surface area contributed by atoms with Crippen LogP contribution in [0.3, 0.4) is 0 Å². The standard InChI is InChI=1S/C31H28IN3O/c32-24-7-3-2-6-23(24)27-28(29(36)30-14-19-11-20(15-30)13-21(12-19)16-30)35-25-8-4-1-5-22(25)9-10-26(35)31(27,17-33)18-34/h1-10,19-21,26-28H,11-16H2. The fraction of sp³-hybridized carbons (Fsp3) is 0.452. The molecule has 5 fully saturated rings. The van der Waals surface area contributed by atoms with Gasteiger partial charge in [0.2, 0.25) is 0 Å². The molecular formula is C31H28IN3O. The van der Waals surface area contributed by atoms with Crippen LogP contribution in [0.25, 0.3) is 6.08 Å². The second kappa shape index (κ2) is 7.93. The fourth-order valence-electron chi connectivity index (χ4n) is 9.03. The van der Waals surface area contributed by atoms with Gasteiger partial charge >= 0.3 is 0 Å². The van der Waals surface area contributed by atoms with Gasteiger partial charge in [-0.25, -0.2) is 0 Å². The largest absolute Gasteiger partial charge is 0.351 e. The quantitative estimate of drug-likeness (QED) is 0.387. The number of fused-ring (bicyclic) bond motifs is 3. The third-order valence-corrected chi connectivity index (χ3v) is 11.0. The number of anilines is 1. The van der Waals surface area contributed by atoms with E-state index in [1.165, 1.54) is 19.3 Å². The maximum absolute atomic E-state index is 15.1. The molecule has 1 saturated heterocycles. The van der Waals surface area contributed by atoms with Gasteiger partial charge in [0.25, 0.3) is 0 Å². The molecule has 3 atom stereocenters. The number of carbonyl (C=O) groups excluding carboxylic acids is 1. The molecule has 5 heteroatoms. The normalized spacial score (nSPS) is 36.6. The van der Waals surface area contributed by atoms with Crippen LogP contribution in [0, 0.1) is 54.8 Å². The molecule has 2 aromatic carbocycles. The molecule has 4 bridgehead atoms. The van der Waals surface area contributed by atoms with Crippen molar-refractivity contribution >= 4 is 40.1 Å². The maximum atomic E-state index is 15.1. The predicted octanol–water partition coefficient (Wildman–Crippen LogP) is 6.48. The first-order valence-electron chi connectivity index (χ1n) is 13.2. The van der Waals surface area contributed by atoms with E-state index in [0.29, 0.717) is 17.8 Å². The SMILES string of the molecule is N#CC1(C#N)C(c2ccccc2I)C(C(=O)C23CC4CC(CC(C4)C2)C3)N2c3ccccc3C=CC21. The Morgan fingerprint density at radius 3 is 2.17 bits per heavy atom. The Kier molecular flexibility index (Phi) is 4.97. The lowest BCUT2D eigenvalue weighted by molar-refractivity contribution is -0.145. The first-order valence-corrected chi connectivity index (χ1v) is 14.2. The van der Waals surface area contributed by atoms with Crippen LogP contribution < -0.4 is 4.90 Å². The summed E-state index contributed by atoms with van der Waals surface area (Å²) in [6.45, 7) is 0. The van der Waals surface area contributed by atoms with E-state index in [1.807, 2.05) is 48.6 Å². The molecule has 180 valence electrons. The molecule has 8 rings (SSSR count). The van der Waals surface area contributed by atoms with Gasteiger partial charge < -0.3 is 4.90 Å². The van der Waals surface area contributed by atoms with Crippen molar-refractivity contribution in [2.24, 2.45) is 28.6 Å². The highest BCUT2D eigenvalue weighted by Crippen LogP contribution is 2.64. The maximum Gasteiger partial charge on any atom is 0.176 e. The van der Waals surface area contributed by atoms with Crippen molar-refractivity contribution in [2.75, 3.05) is 4.90 Å². The zero-order valence-electron chi connectivity index (χ0n) is 20.1. The lowest BCUT2D eigenvalue weighted by Gasteiger charge is -2.57. The molecule has 0 N–H and O–H groups in total. The highest BCUT2D eigenvalue weighted by atomic mass is 127. The number of hydrogen-bond donors (Lipinski definition) is 0. The van der Waals surface area contributed by atoms with E-state index in [9.17, 15) is 10.5 Å². The minimum absolute atomic E-state index is 0.286. The summed E-state index contributed by atoms with van der Waals surface area (Å²) in [6.07, 6.45) is 10.8. The van der Waals surface area contributed by atoms with Gasteiger partial charge in [-0.3, -0.25) is 4.79 Å². The van der Waals surface area contributed by atoms with E-state index in [-0.39, 0.29) is 11.2 Å². The van der Waals surface area contributed by atoms with Crippen LogP contribution in [0.4, 0.5) is 5.69 Å². The van der Waals surface area contributed by atoms with Gasteiger partial charge in [-0.2, -0.15) is 10.5 Å².